The van der Waals surface area contributed by atoms with Gasteiger partial charge in [0.15, 0.2) is 0 Å². The number of alkyl halides is 3. The van der Waals surface area contributed by atoms with E-state index >= 15 is 0 Å². The first-order valence-electron chi connectivity index (χ1n) is 5.21. The van der Waals surface area contributed by atoms with Crippen molar-refractivity contribution in [3.05, 3.63) is 48.0 Å². The molecule has 4 N–H and O–H groups in total. The number of benzene rings is 2. The minimum absolute atomic E-state index is 0.0369. The second-order valence-corrected chi connectivity index (χ2v) is 3.89. The Balaban J connectivity index is 2.68. The maximum atomic E-state index is 12.9. The van der Waals surface area contributed by atoms with Gasteiger partial charge in [-0.05, 0) is 29.8 Å². The molecule has 2 aromatic rings. The van der Waals surface area contributed by atoms with Gasteiger partial charge in [0.05, 0.1) is 5.56 Å². The van der Waals surface area contributed by atoms with Crippen LogP contribution in [0.5, 0.6) is 0 Å². The maximum absolute atomic E-state index is 12.9. The molecule has 0 heterocycles. The third-order valence-electron chi connectivity index (χ3n) is 2.60. The number of hydrogen-bond acceptors (Lipinski definition) is 2. The average Bonchev–Trinajstić information content (AvgIpc) is 2.31. The summed E-state index contributed by atoms with van der Waals surface area (Å²) in [6, 6.07) is 9.78. The summed E-state index contributed by atoms with van der Waals surface area (Å²) < 4.78 is 38.7. The zero-order valence-corrected chi connectivity index (χ0v) is 9.33. The molecule has 0 fully saturated rings. The largest absolute Gasteiger partial charge is 0.417 e. The lowest BCUT2D eigenvalue weighted by Crippen LogP contribution is -2.07. The van der Waals surface area contributed by atoms with E-state index in [0.717, 1.165) is 6.07 Å². The summed E-state index contributed by atoms with van der Waals surface area (Å²) in [5, 5.41) is 0. The smallest absolute Gasteiger partial charge is 0.399 e. The molecule has 0 saturated carbocycles. The Morgan fingerprint density at radius 2 is 1.50 bits per heavy atom. The highest BCUT2D eigenvalue weighted by Gasteiger charge is 2.33. The van der Waals surface area contributed by atoms with Gasteiger partial charge in [0, 0.05) is 16.9 Å². The van der Waals surface area contributed by atoms with Gasteiger partial charge in [-0.25, -0.2) is 0 Å². The Hall–Kier alpha value is -2.17. The Bertz CT molecular complexity index is 577. The standard InChI is InChI=1S/C13H11F3N2/c14-13(15,16)11-4-2-1-3-9(11)10-7-8(17)5-6-12(10)18/h1-7H,17-18H2. The molecule has 2 nitrogen and oxygen atoms in total. The van der Waals surface area contributed by atoms with Crippen molar-refractivity contribution in [3.63, 3.8) is 0 Å². The normalized spacial score (nSPS) is 11.5. The summed E-state index contributed by atoms with van der Waals surface area (Å²) in [4.78, 5) is 0. The van der Waals surface area contributed by atoms with E-state index in [1.165, 1.54) is 30.3 Å². The fourth-order valence-electron chi connectivity index (χ4n) is 1.77. The number of rotatable bonds is 1. The van der Waals surface area contributed by atoms with Crippen LogP contribution >= 0.6 is 0 Å². The molecule has 18 heavy (non-hydrogen) atoms. The third-order valence-corrected chi connectivity index (χ3v) is 2.60. The van der Waals surface area contributed by atoms with Crippen molar-refractivity contribution < 1.29 is 13.2 Å². The van der Waals surface area contributed by atoms with Crippen LogP contribution in [0.1, 0.15) is 5.56 Å². The molecule has 0 amide bonds. The highest BCUT2D eigenvalue weighted by atomic mass is 19.4. The number of halogens is 3. The van der Waals surface area contributed by atoms with E-state index in [4.69, 9.17) is 11.5 Å². The first kappa shape index (κ1) is 12.3. The van der Waals surface area contributed by atoms with Gasteiger partial charge in [-0.3, -0.25) is 0 Å². The van der Waals surface area contributed by atoms with Crippen LogP contribution in [0.2, 0.25) is 0 Å². The maximum Gasteiger partial charge on any atom is 0.417 e. The zero-order chi connectivity index (χ0) is 13.3. The van der Waals surface area contributed by atoms with Crippen LogP contribution in [0.4, 0.5) is 24.5 Å². The second kappa shape index (κ2) is 4.25. The van der Waals surface area contributed by atoms with Crippen LogP contribution in [-0.2, 0) is 6.18 Å². The van der Waals surface area contributed by atoms with Crippen molar-refractivity contribution in [2.24, 2.45) is 0 Å². The molecule has 5 heteroatoms. The minimum atomic E-state index is -4.42. The molecule has 0 aliphatic carbocycles. The predicted octanol–water partition coefficient (Wildman–Crippen LogP) is 3.54. The van der Waals surface area contributed by atoms with E-state index in [-0.39, 0.29) is 11.3 Å². The highest BCUT2D eigenvalue weighted by Crippen LogP contribution is 2.39. The molecule has 0 aliphatic heterocycles. The van der Waals surface area contributed by atoms with Gasteiger partial charge in [0.25, 0.3) is 0 Å². The molecule has 0 spiro atoms. The summed E-state index contributed by atoms with van der Waals surface area (Å²) >= 11 is 0. The van der Waals surface area contributed by atoms with Gasteiger partial charge in [-0.2, -0.15) is 13.2 Å². The van der Waals surface area contributed by atoms with Crippen molar-refractivity contribution in [1.82, 2.24) is 0 Å². The summed E-state index contributed by atoms with van der Waals surface area (Å²) in [7, 11) is 0. The Labute approximate surface area is 102 Å². The van der Waals surface area contributed by atoms with E-state index in [9.17, 15) is 13.2 Å². The first-order chi connectivity index (χ1) is 8.39. The van der Waals surface area contributed by atoms with E-state index in [2.05, 4.69) is 0 Å². The van der Waals surface area contributed by atoms with Gasteiger partial charge in [-0.1, -0.05) is 18.2 Å². The molecule has 0 bridgehead atoms. The van der Waals surface area contributed by atoms with Crippen molar-refractivity contribution in [1.29, 1.82) is 0 Å². The van der Waals surface area contributed by atoms with Crippen LogP contribution in [0.15, 0.2) is 42.5 Å². The summed E-state index contributed by atoms with van der Waals surface area (Å²) in [5.41, 5.74) is 11.5. The summed E-state index contributed by atoms with van der Waals surface area (Å²) in [6.07, 6.45) is -4.42. The number of nitrogen functional groups attached to an aromatic ring is 2. The van der Waals surface area contributed by atoms with Crippen LogP contribution in [0, 0.1) is 0 Å². The molecule has 0 radical (unpaired) electrons. The fraction of sp³-hybridized carbons (Fsp3) is 0.0769. The van der Waals surface area contributed by atoms with E-state index < -0.39 is 11.7 Å². The van der Waals surface area contributed by atoms with Crippen molar-refractivity contribution >= 4 is 11.4 Å². The molecule has 2 aromatic carbocycles. The predicted molar refractivity (Wildman–Crippen MR) is 65.7 cm³/mol. The molecule has 0 atom stereocenters. The average molecular weight is 252 g/mol. The zero-order valence-electron chi connectivity index (χ0n) is 9.33. The van der Waals surface area contributed by atoms with Gasteiger partial charge >= 0.3 is 6.18 Å². The molecule has 0 unspecified atom stereocenters. The first-order valence-corrected chi connectivity index (χ1v) is 5.21. The highest BCUT2D eigenvalue weighted by molar-refractivity contribution is 5.81. The number of anilines is 2. The molecule has 0 aromatic heterocycles. The van der Waals surface area contributed by atoms with Gasteiger partial charge in [0.2, 0.25) is 0 Å². The second-order valence-electron chi connectivity index (χ2n) is 3.89. The van der Waals surface area contributed by atoms with Crippen molar-refractivity contribution in [3.8, 4) is 11.1 Å². The number of nitrogens with two attached hydrogens (primary N) is 2. The molecular weight excluding hydrogens is 241 g/mol. The van der Waals surface area contributed by atoms with E-state index in [1.54, 1.807) is 6.07 Å². The molecule has 0 aliphatic rings. The third kappa shape index (κ3) is 2.25. The quantitative estimate of drug-likeness (QED) is 0.763. The van der Waals surface area contributed by atoms with Crippen LogP contribution in [-0.4, -0.2) is 0 Å². The topological polar surface area (TPSA) is 52.0 Å². The Morgan fingerprint density at radius 3 is 2.17 bits per heavy atom. The van der Waals surface area contributed by atoms with Crippen LogP contribution in [0.25, 0.3) is 11.1 Å². The van der Waals surface area contributed by atoms with Gasteiger partial charge < -0.3 is 11.5 Å². The minimum Gasteiger partial charge on any atom is -0.399 e. The number of hydrogen-bond donors (Lipinski definition) is 2. The molecule has 94 valence electrons. The van der Waals surface area contributed by atoms with Crippen LogP contribution < -0.4 is 11.5 Å². The summed E-state index contributed by atoms with van der Waals surface area (Å²) in [5.74, 6) is 0. The molecule has 0 saturated heterocycles. The molecule has 2 rings (SSSR count). The monoisotopic (exact) mass is 252 g/mol. The summed E-state index contributed by atoms with van der Waals surface area (Å²) in [6.45, 7) is 0. The van der Waals surface area contributed by atoms with Gasteiger partial charge in [0.1, 0.15) is 0 Å². The van der Waals surface area contributed by atoms with Gasteiger partial charge in [-0.15, -0.1) is 0 Å². The van der Waals surface area contributed by atoms with Crippen molar-refractivity contribution in [2.75, 3.05) is 11.5 Å². The lowest BCUT2D eigenvalue weighted by atomic mass is 9.97. The Morgan fingerprint density at radius 1 is 0.833 bits per heavy atom. The SMILES string of the molecule is Nc1ccc(N)c(-c2ccccc2C(F)(F)F)c1. The van der Waals surface area contributed by atoms with E-state index in [0.29, 0.717) is 11.3 Å². The van der Waals surface area contributed by atoms with Crippen molar-refractivity contribution in [2.45, 2.75) is 6.18 Å². The fourth-order valence-corrected chi connectivity index (χ4v) is 1.77. The molecular formula is C13H11F3N2. The van der Waals surface area contributed by atoms with Crippen LogP contribution in [0.3, 0.4) is 0 Å². The van der Waals surface area contributed by atoms with E-state index in [1.807, 2.05) is 0 Å². The lowest BCUT2D eigenvalue weighted by molar-refractivity contribution is -0.137. The Kier molecular flexibility index (Phi) is 2.90. The lowest BCUT2D eigenvalue weighted by Gasteiger charge is -2.14.